The first-order valence-electron chi connectivity index (χ1n) is 17.8. The lowest BCUT2D eigenvalue weighted by atomic mass is 10.1. The molecule has 3 rings (SSSR count). The molecule has 2 N–H and O–H groups in total. The molecule has 6 nitrogen and oxygen atoms in total. The molecule has 0 amide bonds. The van der Waals surface area contributed by atoms with Crippen molar-refractivity contribution in [3.8, 4) is 23.0 Å². The first kappa shape index (κ1) is 36.0. The highest BCUT2D eigenvalue weighted by molar-refractivity contribution is 5.43. The number of ether oxygens (including phenoxy) is 4. The fourth-order valence-electron chi connectivity index (χ4n) is 5.73. The van der Waals surface area contributed by atoms with Gasteiger partial charge in [0, 0.05) is 0 Å². The third-order valence-electron chi connectivity index (χ3n) is 8.49. The molecule has 0 spiro atoms. The number of fused-ring (bicyclic) bond motifs is 2. The largest absolute Gasteiger partial charge is 0.490 e. The number of benzene rings is 2. The molecular weight excluding hydrogens is 552 g/mol. The highest BCUT2D eigenvalue weighted by Crippen LogP contribution is 2.30. The molecule has 0 saturated heterocycles. The summed E-state index contributed by atoms with van der Waals surface area (Å²) in [4.78, 5) is 0. The van der Waals surface area contributed by atoms with Gasteiger partial charge in [-0.25, -0.2) is 0 Å². The zero-order valence-corrected chi connectivity index (χ0v) is 27.4. The van der Waals surface area contributed by atoms with Crippen LogP contribution in [0.5, 0.6) is 23.0 Å². The predicted octanol–water partition coefficient (Wildman–Crippen LogP) is 9.70. The van der Waals surface area contributed by atoms with E-state index in [1.165, 1.54) is 103 Å². The summed E-state index contributed by atoms with van der Waals surface area (Å²) >= 11 is 0. The molecule has 0 bridgehead atoms. The number of hydrogen-bond donors (Lipinski definition) is 2. The Labute approximate surface area is 267 Å². The van der Waals surface area contributed by atoms with Gasteiger partial charge in [0.15, 0.2) is 23.0 Å². The molecular formula is C38H60O6. The van der Waals surface area contributed by atoms with Gasteiger partial charge in [-0.05, 0) is 61.1 Å². The van der Waals surface area contributed by atoms with Crippen molar-refractivity contribution in [2.75, 3.05) is 26.4 Å². The van der Waals surface area contributed by atoms with Gasteiger partial charge in [0.25, 0.3) is 0 Å². The van der Waals surface area contributed by atoms with Crippen LogP contribution >= 0.6 is 0 Å². The van der Waals surface area contributed by atoms with E-state index in [1.807, 2.05) is 36.4 Å². The smallest absolute Gasteiger partial charge is 0.161 e. The van der Waals surface area contributed by atoms with Gasteiger partial charge in [-0.2, -0.15) is 0 Å². The third-order valence-corrected chi connectivity index (χ3v) is 8.49. The van der Waals surface area contributed by atoms with Crippen LogP contribution in [0.4, 0.5) is 0 Å². The van der Waals surface area contributed by atoms with Crippen molar-refractivity contribution in [2.45, 2.75) is 142 Å². The number of rotatable bonds is 2. The standard InChI is InChI=1S/C38H60O6/c39-31-33-21-23-35-37(29-33)43-27-19-15-11-7-3-4-8-12-16-20-28-44-38-30-34(32-40)22-24-36(38)42-26-18-14-10-6-2-1-5-9-13-17-25-41-35/h21-24,29-30,39-40H,1-20,25-28,31-32H2. The average molecular weight is 613 g/mol. The minimum absolute atomic E-state index is 0.0134. The fourth-order valence-corrected chi connectivity index (χ4v) is 5.73. The first-order chi connectivity index (χ1) is 21.8. The number of aliphatic hydroxyl groups excluding tert-OH is 2. The molecule has 0 unspecified atom stereocenters. The second-order valence-corrected chi connectivity index (χ2v) is 12.3. The van der Waals surface area contributed by atoms with E-state index >= 15 is 0 Å². The van der Waals surface area contributed by atoms with E-state index in [9.17, 15) is 10.2 Å². The van der Waals surface area contributed by atoms with Gasteiger partial charge >= 0.3 is 0 Å². The van der Waals surface area contributed by atoms with Crippen molar-refractivity contribution in [1.29, 1.82) is 0 Å². The van der Waals surface area contributed by atoms with Gasteiger partial charge in [0.2, 0.25) is 0 Å². The van der Waals surface area contributed by atoms with E-state index < -0.39 is 0 Å². The quantitative estimate of drug-likeness (QED) is 0.352. The van der Waals surface area contributed by atoms with Crippen molar-refractivity contribution in [1.82, 2.24) is 0 Å². The van der Waals surface area contributed by atoms with Gasteiger partial charge < -0.3 is 29.2 Å². The van der Waals surface area contributed by atoms with E-state index in [2.05, 4.69) is 0 Å². The highest BCUT2D eigenvalue weighted by Gasteiger charge is 2.09. The topological polar surface area (TPSA) is 77.4 Å². The molecule has 0 saturated carbocycles. The van der Waals surface area contributed by atoms with Crippen molar-refractivity contribution >= 4 is 0 Å². The van der Waals surface area contributed by atoms with Crippen molar-refractivity contribution in [3.63, 3.8) is 0 Å². The van der Waals surface area contributed by atoms with Crippen LogP contribution < -0.4 is 18.9 Å². The lowest BCUT2D eigenvalue weighted by Crippen LogP contribution is -2.03. The van der Waals surface area contributed by atoms with Crippen LogP contribution in [0.25, 0.3) is 0 Å². The Morgan fingerprint density at radius 2 is 0.591 bits per heavy atom. The molecule has 0 aliphatic carbocycles. The SMILES string of the molecule is OCc1ccc2c(c1)OCCCCCCCCCCCCOc1cc(CO)ccc1OCCCCCCCCCCCCO2. The summed E-state index contributed by atoms with van der Waals surface area (Å²) in [5.74, 6) is 3.12. The van der Waals surface area contributed by atoms with Crippen LogP contribution in [0, 0.1) is 0 Å². The molecule has 248 valence electrons. The summed E-state index contributed by atoms with van der Waals surface area (Å²) in [5.41, 5.74) is 1.72. The lowest BCUT2D eigenvalue weighted by molar-refractivity contribution is 0.254. The molecule has 44 heavy (non-hydrogen) atoms. The van der Waals surface area contributed by atoms with Crippen LogP contribution in [0.1, 0.15) is 140 Å². The molecule has 0 radical (unpaired) electrons. The van der Waals surface area contributed by atoms with E-state index in [1.54, 1.807) is 0 Å². The van der Waals surface area contributed by atoms with Crippen LogP contribution in [-0.4, -0.2) is 36.6 Å². The van der Waals surface area contributed by atoms with Crippen LogP contribution in [0.15, 0.2) is 36.4 Å². The molecule has 6 heteroatoms. The maximum absolute atomic E-state index is 9.57. The summed E-state index contributed by atoms with van der Waals surface area (Å²) in [6, 6.07) is 11.6. The van der Waals surface area contributed by atoms with E-state index in [-0.39, 0.29) is 13.2 Å². The van der Waals surface area contributed by atoms with E-state index in [0.29, 0.717) is 26.4 Å². The minimum Gasteiger partial charge on any atom is -0.490 e. The zero-order chi connectivity index (χ0) is 30.9. The molecule has 2 aromatic rings. The maximum atomic E-state index is 9.57. The molecule has 0 fully saturated rings. The maximum Gasteiger partial charge on any atom is 0.161 e. The van der Waals surface area contributed by atoms with Crippen LogP contribution in [0.2, 0.25) is 0 Å². The van der Waals surface area contributed by atoms with Crippen LogP contribution in [0.3, 0.4) is 0 Å². The van der Waals surface area contributed by atoms with Crippen molar-refractivity contribution < 1.29 is 29.2 Å². The minimum atomic E-state index is 0.0134. The summed E-state index contributed by atoms with van der Waals surface area (Å²) < 4.78 is 24.4. The zero-order valence-electron chi connectivity index (χ0n) is 27.4. The van der Waals surface area contributed by atoms with Gasteiger partial charge in [-0.15, -0.1) is 0 Å². The van der Waals surface area contributed by atoms with Crippen molar-refractivity contribution in [2.24, 2.45) is 0 Å². The Hall–Kier alpha value is -2.44. The predicted molar refractivity (Wildman–Crippen MR) is 179 cm³/mol. The van der Waals surface area contributed by atoms with Gasteiger partial charge in [-0.3, -0.25) is 0 Å². The molecule has 0 atom stereocenters. The second kappa shape index (κ2) is 23.9. The second-order valence-electron chi connectivity index (χ2n) is 12.3. The molecule has 2 aromatic carbocycles. The van der Waals surface area contributed by atoms with E-state index in [4.69, 9.17) is 18.9 Å². The Bertz CT molecular complexity index is 914. The monoisotopic (exact) mass is 612 g/mol. The van der Waals surface area contributed by atoms with Gasteiger partial charge in [0.05, 0.1) is 39.6 Å². The third kappa shape index (κ3) is 15.5. The summed E-state index contributed by atoms with van der Waals surface area (Å²) in [6.07, 6.45) is 24.2. The fraction of sp³-hybridized carbons (Fsp3) is 0.684. The van der Waals surface area contributed by atoms with Gasteiger partial charge in [-0.1, -0.05) is 115 Å². The van der Waals surface area contributed by atoms with Crippen LogP contribution in [-0.2, 0) is 13.2 Å². The normalized spacial score (nSPS) is 18.8. The average Bonchev–Trinajstić information content (AvgIpc) is 3.05. The number of hydrogen-bond acceptors (Lipinski definition) is 6. The van der Waals surface area contributed by atoms with E-state index in [0.717, 1.165) is 59.8 Å². The highest BCUT2D eigenvalue weighted by atomic mass is 16.5. The number of aliphatic hydroxyl groups is 2. The molecule has 1 heterocycles. The Balaban J connectivity index is 1.41. The van der Waals surface area contributed by atoms with Crippen molar-refractivity contribution in [3.05, 3.63) is 47.5 Å². The Kier molecular flexibility index (Phi) is 19.6. The summed E-state index contributed by atoms with van der Waals surface area (Å²) in [5, 5.41) is 19.1. The summed E-state index contributed by atoms with van der Waals surface area (Å²) in [7, 11) is 0. The Morgan fingerprint density at radius 3 is 0.864 bits per heavy atom. The van der Waals surface area contributed by atoms with Gasteiger partial charge in [0.1, 0.15) is 0 Å². The summed E-state index contributed by atoms with van der Waals surface area (Å²) in [6.45, 7) is 2.81. The first-order valence-corrected chi connectivity index (χ1v) is 17.8. The molecule has 1 aliphatic heterocycles. The Morgan fingerprint density at radius 1 is 0.341 bits per heavy atom. The molecule has 0 aromatic heterocycles. The molecule has 1 aliphatic rings. The lowest BCUT2D eigenvalue weighted by Gasteiger charge is -2.14.